The lowest BCUT2D eigenvalue weighted by molar-refractivity contribution is -0.0559. The van der Waals surface area contributed by atoms with E-state index >= 15 is 0 Å². The van der Waals surface area contributed by atoms with Crippen LogP contribution in [0.15, 0.2) is 24.3 Å². The van der Waals surface area contributed by atoms with E-state index in [1.807, 2.05) is 0 Å². The molecule has 2 rings (SSSR count). The molecular formula is C11H12ClF2N. The molecule has 1 saturated heterocycles. The van der Waals surface area contributed by atoms with Crippen LogP contribution in [0.3, 0.4) is 0 Å². The van der Waals surface area contributed by atoms with Crippen molar-refractivity contribution in [3.05, 3.63) is 34.9 Å². The summed E-state index contributed by atoms with van der Waals surface area (Å²) in [5.74, 6) is -2.71. The molecule has 0 aliphatic carbocycles. The lowest BCUT2D eigenvalue weighted by Crippen LogP contribution is -2.45. The minimum Gasteiger partial charge on any atom is -0.302 e. The molecule has 1 aliphatic rings. The van der Waals surface area contributed by atoms with E-state index < -0.39 is 11.5 Å². The molecule has 1 heterocycles. The molecule has 1 nitrogen and oxygen atoms in total. The number of halogens is 3. The van der Waals surface area contributed by atoms with Crippen molar-refractivity contribution in [3.8, 4) is 0 Å². The largest absolute Gasteiger partial charge is 0.302 e. The third-order valence-electron chi connectivity index (χ3n) is 3.07. The van der Waals surface area contributed by atoms with Gasteiger partial charge in [-0.05, 0) is 24.6 Å². The summed E-state index contributed by atoms with van der Waals surface area (Å²) in [4.78, 5) is 0. The van der Waals surface area contributed by atoms with Gasteiger partial charge in [0, 0.05) is 18.0 Å². The number of hydrogen-bond acceptors (Lipinski definition) is 1. The maximum atomic E-state index is 13.7. The summed E-state index contributed by atoms with van der Waals surface area (Å²) in [6.07, 6.45) is -0.119. The van der Waals surface area contributed by atoms with Crippen LogP contribution in [0, 0.1) is 0 Å². The molecule has 82 valence electrons. The molecule has 1 aromatic carbocycles. The number of alkyl halides is 2. The summed E-state index contributed by atoms with van der Waals surface area (Å²) >= 11 is 5.73. The average molecular weight is 232 g/mol. The summed E-state index contributed by atoms with van der Waals surface area (Å²) in [7, 11) is 0. The van der Waals surface area contributed by atoms with Crippen LogP contribution < -0.4 is 5.32 Å². The van der Waals surface area contributed by atoms with E-state index in [1.165, 1.54) is 6.92 Å². The van der Waals surface area contributed by atoms with E-state index in [9.17, 15) is 8.78 Å². The lowest BCUT2D eigenvalue weighted by Gasteiger charge is -2.31. The van der Waals surface area contributed by atoms with Crippen molar-refractivity contribution in [2.24, 2.45) is 0 Å². The maximum absolute atomic E-state index is 13.7. The van der Waals surface area contributed by atoms with Crippen molar-refractivity contribution in [2.45, 2.75) is 24.8 Å². The Kier molecular flexibility index (Phi) is 2.47. The molecule has 4 heteroatoms. The molecular weight excluding hydrogens is 220 g/mol. The van der Waals surface area contributed by atoms with Crippen LogP contribution in [0.2, 0.25) is 5.02 Å². The van der Waals surface area contributed by atoms with Crippen molar-refractivity contribution >= 4 is 11.6 Å². The van der Waals surface area contributed by atoms with Gasteiger partial charge in [-0.1, -0.05) is 23.7 Å². The zero-order valence-electron chi connectivity index (χ0n) is 8.36. The zero-order chi connectivity index (χ0) is 11.1. The minimum absolute atomic E-state index is 0.119. The van der Waals surface area contributed by atoms with Gasteiger partial charge in [0.25, 0.3) is 5.92 Å². The maximum Gasteiger partial charge on any atom is 0.270 e. The first-order valence-corrected chi connectivity index (χ1v) is 5.22. The zero-order valence-corrected chi connectivity index (χ0v) is 9.11. The van der Waals surface area contributed by atoms with E-state index in [2.05, 4.69) is 5.32 Å². The van der Waals surface area contributed by atoms with E-state index in [-0.39, 0.29) is 6.42 Å². The van der Waals surface area contributed by atoms with Gasteiger partial charge in [0.15, 0.2) is 0 Å². The van der Waals surface area contributed by atoms with Gasteiger partial charge in [-0.25, -0.2) is 8.78 Å². The molecule has 1 aliphatic heterocycles. The average Bonchev–Trinajstić information content (AvgIpc) is 2.43. The second-order valence-corrected chi connectivity index (χ2v) is 4.45. The predicted octanol–water partition coefficient (Wildman–Crippen LogP) is 3.18. The van der Waals surface area contributed by atoms with Crippen LogP contribution >= 0.6 is 11.6 Å². The summed E-state index contributed by atoms with van der Waals surface area (Å²) in [5, 5.41) is 3.42. The smallest absolute Gasteiger partial charge is 0.270 e. The van der Waals surface area contributed by atoms with Crippen LogP contribution in [-0.4, -0.2) is 12.5 Å². The minimum atomic E-state index is -2.71. The summed E-state index contributed by atoms with van der Waals surface area (Å²) in [5.41, 5.74) is -0.688. The monoisotopic (exact) mass is 231 g/mol. The second-order valence-electron chi connectivity index (χ2n) is 4.01. The Morgan fingerprint density at radius 3 is 2.33 bits per heavy atom. The number of rotatable bonds is 1. The van der Waals surface area contributed by atoms with Crippen molar-refractivity contribution in [3.63, 3.8) is 0 Å². The Morgan fingerprint density at radius 2 is 1.87 bits per heavy atom. The standard InChI is InChI=1S/C11H12ClF2N/c1-10(11(13,14)6-7-15-10)8-2-4-9(12)5-3-8/h2-5,15H,6-7H2,1H3. The van der Waals surface area contributed by atoms with Gasteiger partial charge < -0.3 is 5.32 Å². The molecule has 1 fully saturated rings. The van der Waals surface area contributed by atoms with E-state index in [0.29, 0.717) is 17.1 Å². The first kappa shape index (κ1) is 10.8. The predicted molar refractivity (Wildman–Crippen MR) is 56.4 cm³/mol. The van der Waals surface area contributed by atoms with E-state index in [1.54, 1.807) is 24.3 Å². The van der Waals surface area contributed by atoms with Crippen LogP contribution in [0.1, 0.15) is 18.9 Å². The highest BCUT2D eigenvalue weighted by Crippen LogP contribution is 2.43. The summed E-state index contributed by atoms with van der Waals surface area (Å²) in [6.45, 7) is 1.87. The number of hydrogen-bond donors (Lipinski definition) is 1. The summed E-state index contributed by atoms with van der Waals surface area (Å²) in [6, 6.07) is 6.57. The molecule has 15 heavy (non-hydrogen) atoms. The highest BCUT2D eigenvalue weighted by molar-refractivity contribution is 6.30. The lowest BCUT2D eigenvalue weighted by atomic mass is 9.87. The SMILES string of the molecule is CC1(c2ccc(Cl)cc2)NCCC1(F)F. The molecule has 0 aromatic heterocycles. The Hall–Kier alpha value is -0.670. The van der Waals surface area contributed by atoms with Gasteiger partial charge >= 0.3 is 0 Å². The van der Waals surface area contributed by atoms with Crippen molar-refractivity contribution in [1.29, 1.82) is 0 Å². The Labute approximate surface area is 92.4 Å². The third-order valence-corrected chi connectivity index (χ3v) is 3.32. The van der Waals surface area contributed by atoms with Crippen LogP contribution in [0.4, 0.5) is 8.78 Å². The summed E-state index contributed by atoms with van der Waals surface area (Å²) < 4.78 is 27.4. The van der Waals surface area contributed by atoms with Crippen LogP contribution in [0.25, 0.3) is 0 Å². The fourth-order valence-electron chi connectivity index (χ4n) is 1.95. The van der Waals surface area contributed by atoms with Crippen LogP contribution in [-0.2, 0) is 5.54 Å². The Balaban J connectivity index is 2.41. The second kappa shape index (κ2) is 3.42. The topological polar surface area (TPSA) is 12.0 Å². The van der Waals surface area contributed by atoms with E-state index in [0.717, 1.165) is 0 Å². The molecule has 0 bridgehead atoms. The van der Waals surface area contributed by atoms with Crippen molar-refractivity contribution < 1.29 is 8.78 Å². The van der Waals surface area contributed by atoms with Gasteiger partial charge in [0.1, 0.15) is 5.54 Å². The first-order valence-electron chi connectivity index (χ1n) is 4.85. The molecule has 0 radical (unpaired) electrons. The number of nitrogens with one attached hydrogen (secondary N) is 1. The normalized spacial score (nSPS) is 29.3. The van der Waals surface area contributed by atoms with Gasteiger partial charge in [0.05, 0.1) is 0 Å². The first-order chi connectivity index (χ1) is 6.96. The molecule has 1 atom stereocenters. The molecule has 0 spiro atoms. The van der Waals surface area contributed by atoms with Crippen molar-refractivity contribution in [2.75, 3.05) is 6.54 Å². The molecule has 0 saturated carbocycles. The Bertz CT molecular complexity index is 363. The van der Waals surface area contributed by atoms with E-state index in [4.69, 9.17) is 11.6 Å². The molecule has 1 unspecified atom stereocenters. The molecule has 0 amide bonds. The van der Waals surface area contributed by atoms with Crippen molar-refractivity contribution in [1.82, 2.24) is 5.32 Å². The highest BCUT2D eigenvalue weighted by atomic mass is 35.5. The van der Waals surface area contributed by atoms with Gasteiger partial charge in [0.2, 0.25) is 0 Å². The Morgan fingerprint density at radius 1 is 1.27 bits per heavy atom. The molecule has 1 aromatic rings. The van der Waals surface area contributed by atoms with Gasteiger partial charge in [-0.15, -0.1) is 0 Å². The molecule has 1 N–H and O–H groups in total. The fourth-order valence-corrected chi connectivity index (χ4v) is 2.07. The quantitative estimate of drug-likeness (QED) is 0.783. The van der Waals surface area contributed by atoms with Crippen LogP contribution in [0.5, 0.6) is 0 Å². The third kappa shape index (κ3) is 1.64. The number of benzene rings is 1. The van der Waals surface area contributed by atoms with Gasteiger partial charge in [-0.2, -0.15) is 0 Å². The van der Waals surface area contributed by atoms with Gasteiger partial charge in [-0.3, -0.25) is 0 Å². The fraction of sp³-hybridized carbons (Fsp3) is 0.455. The highest BCUT2D eigenvalue weighted by Gasteiger charge is 2.54.